The Bertz CT molecular complexity index is 718. The smallest absolute Gasteiger partial charge is 0.227 e. The molecule has 3 rings (SSSR count). The van der Waals surface area contributed by atoms with Gasteiger partial charge in [0, 0.05) is 6.54 Å². The first-order valence-corrected chi connectivity index (χ1v) is 8.47. The Balaban J connectivity index is 1.69. The van der Waals surface area contributed by atoms with Gasteiger partial charge in [-0.3, -0.25) is 4.79 Å². The van der Waals surface area contributed by atoms with Gasteiger partial charge < -0.3 is 14.8 Å². The molecule has 1 aliphatic heterocycles. The summed E-state index contributed by atoms with van der Waals surface area (Å²) in [4.78, 5) is 12.5. The van der Waals surface area contributed by atoms with E-state index in [1.54, 1.807) is 6.07 Å². The van der Waals surface area contributed by atoms with E-state index in [1.165, 1.54) is 0 Å². The van der Waals surface area contributed by atoms with Gasteiger partial charge in [0.1, 0.15) is 13.2 Å². The predicted molar refractivity (Wildman–Crippen MR) is 93.8 cm³/mol. The topological polar surface area (TPSA) is 47.6 Å². The summed E-state index contributed by atoms with van der Waals surface area (Å²) in [6.07, 6.45) is 0.748. The number of ether oxygens (including phenoxy) is 2. The Labute approximate surface area is 146 Å². The fourth-order valence-corrected chi connectivity index (χ4v) is 3.12. The molecule has 24 heavy (non-hydrogen) atoms. The van der Waals surface area contributed by atoms with Crippen LogP contribution in [0.3, 0.4) is 0 Å². The normalized spacial score (nSPS) is 14.1. The summed E-state index contributed by atoms with van der Waals surface area (Å²) in [7, 11) is 0. The molecular formula is C19H20ClNO3. The molecule has 0 aliphatic carbocycles. The van der Waals surface area contributed by atoms with Crippen LogP contribution in [0, 0.1) is 0 Å². The molecule has 2 aromatic carbocycles. The van der Waals surface area contributed by atoms with Crippen molar-refractivity contribution in [2.24, 2.45) is 0 Å². The van der Waals surface area contributed by atoms with E-state index >= 15 is 0 Å². The summed E-state index contributed by atoms with van der Waals surface area (Å²) in [6.45, 7) is 3.42. The van der Waals surface area contributed by atoms with Gasteiger partial charge in [0.25, 0.3) is 0 Å². The van der Waals surface area contributed by atoms with Gasteiger partial charge in [0.05, 0.1) is 10.9 Å². The van der Waals surface area contributed by atoms with E-state index in [-0.39, 0.29) is 11.8 Å². The molecule has 1 heterocycles. The van der Waals surface area contributed by atoms with Gasteiger partial charge in [-0.1, -0.05) is 48.9 Å². The van der Waals surface area contributed by atoms with Crippen molar-refractivity contribution in [1.82, 2.24) is 5.32 Å². The molecular weight excluding hydrogens is 326 g/mol. The molecule has 1 atom stereocenters. The predicted octanol–water partition coefficient (Wildman–Crippen LogP) is 3.92. The summed E-state index contributed by atoms with van der Waals surface area (Å²) in [5.41, 5.74) is 1.92. The second-order valence-electron chi connectivity index (χ2n) is 5.69. The largest absolute Gasteiger partial charge is 0.486 e. The first kappa shape index (κ1) is 16.7. The van der Waals surface area contributed by atoms with Crippen LogP contribution in [0.4, 0.5) is 0 Å². The van der Waals surface area contributed by atoms with E-state index < -0.39 is 0 Å². The van der Waals surface area contributed by atoms with Crippen molar-refractivity contribution in [1.29, 1.82) is 0 Å². The average molecular weight is 346 g/mol. The van der Waals surface area contributed by atoms with Crippen molar-refractivity contribution in [3.63, 3.8) is 0 Å². The SMILES string of the molecule is CCC(C(=O)NCc1cc(Cl)c2c(c1)OCCO2)c1ccccc1. The second kappa shape index (κ2) is 7.58. The van der Waals surface area contributed by atoms with Crippen LogP contribution in [0.25, 0.3) is 0 Å². The molecule has 1 N–H and O–H groups in total. The minimum atomic E-state index is -0.154. The monoisotopic (exact) mass is 345 g/mol. The van der Waals surface area contributed by atoms with Crippen LogP contribution in [0.15, 0.2) is 42.5 Å². The number of nitrogens with one attached hydrogen (secondary N) is 1. The van der Waals surface area contributed by atoms with Crippen LogP contribution < -0.4 is 14.8 Å². The first-order chi connectivity index (χ1) is 11.7. The molecule has 1 amide bonds. The van der Waals surface area contributed by atoms with Crippen LogP contribution >= 0.6 is 11.6 Å². The van der Waals surface area contributed by atoms with Gasteiger partial charge in [-0.2, -0.15) is 0 Å². The number of carbonyl (C=O) groups is 1. The van der Waals surface area contributed by atoms with Crippen molar-refractivity contribution < 1.29 is 14.3 Å². The highest BCUT2D eigenvalue weighted by Gasteiger charge is 2.20. The van der Waals surface area contributed by atoms with Gasteiger partial charge in [0.2, 0.25) is 5.91 Å². The van der Waals surface area contributed by atoms with Gasteiger partial charge in [-0.15, -0.1) is 0 Å². The van der Waals surface area contributed by atoms with E-state index in [0.29, 0.717) is 36.3 Å². The van der Waals surface area contributed by atoms with Crippen molar-refractivity contribution in [2.45, 2.75) is 25.8 Å². The molecule has 0 radical (unpaired) electrons. The minimum absolute atomic E-state index is 0.00899. The standard InChI is InChI=1S/C19H20ClNO3/c1-2-15(14-6-4-3-5-7-14)19(22)21-12-13-10-16(20)18-17(11-13)23-8-9-24-18/h3-7,10-11,15H,2,8-9,12H2,1H3,(H,21,22). The lowest BCUT2D eigenvalue weighted by Crippen LogP contribution is -2.28. The second-order valence-corrected chi connectivity index (χ2v) is 6.10. The van der Waals surface area contributed by atoms with E-state index in [4.69, 9.17) is 21.1 Å². The third-order valence-corrected chi connectivity index (χ3v) is 4.33. The molecule has 0 saturated heterocycles. The molecule has 0 fully saturated rings. The van der Waals surface area contributed by atoms with Crippen molar-refractivity contribution in [2.75, 3.05) is 13.2 Å². The number of fused-ring (bicyclic) bond motifs is 1. The zero-order valence-corrected chi connectivity index (χ0v) is 14.3. The Kier molecular flexibility index (Phi) is 5.26. The lowest BCUT2D eigenvalue weighted by Gasteiger charge is -2.21. The average Bonchev–Trinajstić information content (AvgIpc) is 2.61. The zero-order chi connectivity index (χ0) is 16.9. The number of benzene rings is 2. The van der Waals surface area contributed by atoms with Gasteiger partial charge in [-0.25, -0.2) is 0 Å². The van der Waals surface area contributed by atoms with E-state index in [2.05, 4.69) is 5.32 Å². The van der Waals surface area contributed by atoms with Crippen LogP contribution in [0.5, 0.6) is 11.5 Å². The van der Waals surface area contributed by atoms with E-state index in [1.807, 2.05) is 43.3 Å². The highest BCUT2D eigenvalue weighted by Crippen LogP contribution is 2.38. The number of halogens is 1. The molecule has 4 nitrogen and oxygen atoms in total. The number of rotatable bonds is 5. The molecule has 0 spiro atoms. The summed E-state index contributed by atoms with van der Waals surface area (Å²) >= 11 is 6.23. The molecule has 1 aliphatic rings. The van der Waals surface area contributed by atoms with Crippen LogP contribution in [0.2, 0.25) is 5.02 Å². The van der Waals surface area contributed by atoms with Crippen molar-refractivity contribution in [3.05, 3.63) is 58.6 Å². The summed E-state index contributed by atoms with van der Waals surface area (Å²) in [5.74, 6) is 1.07. The Hall–Kier alpha value is -2.20. The quantitative estimate of drug-likeness (QED) is 0.893. The number of hydrogen-bond acceptors (Lipinski definition) is 3. The molecule has 5 heteroatoms. The Morgan fingerprint density at radius 3 is 2.71 bits per heavy atom. The number of hydrogen-bond donors (Lipinski definition) is 1. The maximum atomic E-state index is 12.5. The summed E-state index contributed by atoms with van der Waals surface area (Å²) in [5, 5.41) is 3.49. The Morgan fingerprint density at radius 2 is 1.96 bits per heavy atom. The van der Waals surface area contributed by atoms with Gasteiger partial charge in [-0.05, 0) is 29.7 Å². The number of amides is 1. The van der Waals surface area contributed by atoms with E-state index in [9.17, 15) is 4.79 Å². The Morgan fingerprint density at radius 1 is 1.21 bits per heavy atom. The minimum Gasteiger partial charge on any atom is -0.486 e. The first-order valence-electron chi connectivity index (χ1n) is 8.09. The summed E-state index contributed by atoms with van der Waals surface area (Å²) < 4.78 is 11.1. The lowest BCUT2D eigenvalue weighted by atomic mass is 9.95. The van der Waals surface area contributed by atoms with Gasteiger partial charge in [0.15, 0.2) is 11.5 Å². The molecule has 0 bridgehead atoms. The van der Waals surface area contributed by atoms with E-state index in [0.717, 1.165) is 17.5 Å². The third kappa shape index (κ3) is 3.65. The number of carbonyl (C=O) groups excluding carboxylic acids is 1. The highest BCUT2D eigenvalue weighted by atomic mass is 35.5. The fraction of sp³-hybridized carbons (Fsp3) is 0.316. The molecule has 2 aromatic rings. The highest BCUT2D eigenvalue weighted by molar-refractivity contribution is 6.32. The summed E-state index contributed by atoms with van der Waals surface area (Å²) in [6, 6.07) is 13.5. The van der Waals surface area contributed by atoms with Gasteiger partial charge >= 0.3 is 0 Å². The van der Waals surface area contributed by atoms with Crippen LogP contribution in [-0.2, 0) is 11.3 Å². The van der Waals surface area contributed by atoms with Crippen molar-refractivity contribution in [3.8, 4) is 11.5 Å². The third-order valence-electron chi connectivity index (χ3n) is 4.05. The molecule has 1 unspecified atom stereocenters. The zero-order valence-electron chi connectivity index (χ0n) is 13.5. The van der Waals surface area contributed by atoms with Crippen LogP contribution in [0.1, 0.15) is 30.4 Å². The maximum absolute atomic E-state index is 12.5. The van der Waals surface area contributed by atoms with Crippen LogP contribution in [-0.4, -0.2) is 19.1 Å². The van der Waals surface area contributed by atoms with Crippen molar-refractivity contribution >= 4 is 17.5 Å². The fourth-order valence-electron chi connectivity index (χ4n) is 2.84. The molecule has 0 aromatic heterocycles. The maximum Gasteiger partial charge on any atom is 0.227 e. The molecule has 0 saturated carbocycles. The lowest BCUT2D eigenvalue weighted by molar-refractivity contribution is -0.122. The molecule has 126 valence electrons.